The normalized spacial score (nSPS) is 18.2. The summed E-state index contributed by atoms with van der Waals surface area (Å²) in [6, 6.07) is 9.58. The Morgan fingerprint density at radius 2 is 1.89 bits per heavy atom. The van der Waals surface area contributed by atoms with E-state index in [9.17, 15) is 9.59 Å². The van der Waals surface area contributed by atoms with Gasteiger partial charge in [0.1, 0.15) is 0 Å². The number of nitrogens with zero attached hydrogens (tertiary/aromatic N) is 1. The van der Waals surface area contributed by atoms with Gasteiger partial charge in [-0.15, -0.1) is 0 Å². The third-order valence-corrected chi connectivity index (χ3v) is 2.88. The summed E-state index contributed by atoms with van der Waals surface area (Å²) in [5.41, 5.74) is 1.61. The van der Waals surface area contributed by atoms with Crippen LogP contribution < -0.4 is 0 Å². The summed E-state index contributed by atoms with van der Waals surface area (Å²) in [4.78, 5) is 25.3. The predicted octanol–water partition coefficient (Wildman–Crippen LogP) is 2.53. The van der Waals surface area contributed by atoms with Crippen molar-refractivity contribution < 1.29 is 9.59 Å². The molecule has 1 saturated heterocycles. The minimum Gasteiger partial charge on any atom is -0.274 e. The standard InChI is InChI=1S/C15H17NO2/c1-11(2)8-13-9-14(17)16(15(13)18)10-12-6-4-3-5-7-12/h3-8,11H,9-10H2,1-2H3/b13-8-. The van der Waals surface area contributed by atoms with Crippen molar-refractivity contribution in [3.05, 3.63) is 47.5 Å². The van der Waals surface area contributed by atoms with E-state index in [2.05, 4.69) is 0 Å². The van der Waals surface area contributed by atoms with Crippen LogP contribution in [0.2, 0.25) is 0 Å². The van der Waals surface area contributed by atoms with Crippen LogP contribution in [0.5, 0.6) is 0 Å². The summed E-state index contributed by atoms with van der Waals surface area (Å²) in [7, 11) is 0. The first-order valence-corrected chi connectivity index (χ1v) is 6.17. The third kappa shape index (κ3) is 2.67. The monoisotopic (exact) mass is 243 g/mol. The molecule has 2 amide bonds. The number of amides is 2. The van der Waals surface area contributed by atoms with Crippen molar-refractivity contribution in [2.75, 3.05) is 0 Å². The van der Waals surface area contributed by atoms with Crippen LogP contribution in [0.1, 0.15) is 25.8 Å². The van der Waals surface area contributed by atoms with E-state index in [0.717, 1.165) is 5.56 Å². The highest BCUT2D eigenvalue weighted by Crippen LogP contribution is 2.22. The average molecular weight is 243 g/mol. The van der Waals surface area contributed by atoms with E-state index in [1.54, 1.807) is 0 Å². The molecule has 1 aromatic rings. The molecule has 1 aliphatic heterocycles. The van der Waals surface area contributed by atoms with Crippen molar-refractivity contribution >= 4 is 11.8 Å². The Morgan fingerprint density at radius 3 is 2.50 bits per heavy atom. The molecule has 0 N–H and O–H groups in total. The van der Waals surface area contributed by atoms with Crippen LogP contribution >= 0.6 is 0 Å². The molecule has 0 spiro atoms. The molecule has 2 rings (SSSR count). The smallest absolute Gasteiger partial charge is 0.256 e. The second kappa shape index (κ2) is 5.17. The largest absolute Gasteiger partial charge is 0.274 e. The lowest BCUT2D eigenvalue weighted by molar-refractivity contribution is -0.138. The van der Waals surface area contributed by atoms with E-state index >= 15 is 0 Å². The Morgan fingerprint density at radius 1 is 1.22 bits per heavy atom. The van der Waals surface area contributed by atoms with Gasteiger partial charge in [0.05, 0.1) is 13.0 Å². The molecule has 1 aliphatic rings. The molecule has 0 aliphatic carbocycles. The van der Waals surface area contributed by atoms with Crippen LogP contribution in [0.25, 0.3) is 0 Å². The first-order chi connectivity index (χ1) is 8.58. The van der Waals surface area contributed by atoms with Crippen LogP contribution in [0, 0.1) is 5.92 Å². The van der Waals surface area contributed by atoms with E-state index in [-0.39, 0.29) is 24.2 Å². The number of likely N-dealkylation sites (tertiary alicyclic amines) is 1. The highest BCUT2D eigenvalue weighted by molar-refractivity contribution is 6.13. The fourth-order valence-electron chi connectivity index (χ4n) is 2.08. The van der Waals surface area contributed by atoms with Crippen LogP contribution in [-0.2, 0) is 16.1 Å². The van der Waals surface area contributed by atoms with Crippen LogP contribution in [0.4, 0.5) is 0 Å². The van der Waals surface area contributed by atoms with Crippen molar-refractivity contribution in [1.29, 1.82) is 0 Å². The average Bonchev–Trinajstić information content (AvgIpc) is 2.58. The van der Waals surface area contributed by atoms with Gasteiger partial charge in [0.15, 0.2) is 0 Å². The molecule has 1 heterocycles. The van der Waals surface area contributed by atoms with Gasteiger partial charge in [0.2, 0.25) is 5.91 Å². The Kier molecular flexibility index (Phi) is 3.60. The maximum atomic E-state index is 12.1. The Labute approximate surface area is 107 Å². The lowest BCUT2D eigenvalue weighted by Gasteiger charge is -2.13. The molecule has 0 aromatic heterocycles. The van der Waals surface area contributed by atoms with Gasteiger partial charge in [-0.1, -0.05) is 50.3 Å². The van der Waals surface area contributed by atoms with Crippen LogP contribution in [0.3, 0.4) is 0 Å². The highest BCUT2D eigenvalue weighted by atomic mass is 16.2. The van der Waals surface area contributed by atoms with E-state index in [1.165, 1.54) is 4.90 Å². The quantitative estimate of drug-likeness (QED) is 0.604. The molecule has 0 atom stereocenters. The highest BCUT2D eigenvalue weighted by Gasteiger charge is 2.33. The maximum Gasteiger partial charge on any atom is 0.256 e. The molecule has 3 heteroatoms. The van der Waals surface area contributed by atoms with Crippen molar-refractivity contribution in [2.45, 2.75) is 26.8 Å². The molecule has 1 aromatic carbocycles. The molecule has 0 radical (unpaired) electrons. The number of allylic oxidation sites excluding steroid dienone is 1. The number of carbonyl (C=O) groups is 2. The first kappa shape index (κ1) is 12.6. The zero-order valence-corrected chi connectivity index (χ0v) is 10.7. The molecule has 0 bridgehead atoms. The molecule has 1 fully saturated rings. The predicted molar refractivity (Wildman–Crippen MR) is 69.5 cm³/mol. The lowest BCUT2D eigenvalue weighted by atomic mass is 10.1. The second-order valence-electron chi connectivity index (χ2n) is 4.88. The number of carbonyl (C=O) groups excluding carboxylic acids is 2. The summed E-state index contributed by atoms with van der Waals surface area (Å²) in [6.07, 6.45) is 2.12. The van der Waals surface area contributed by atoms with Gasteiger partial charge in [-0.05, 0) is 11.5 Å². The zero-order chi connectivity index (χ0) is 13.1. The minimum absolute atomic E-state index is 0.101. The molecular weight excluding hydrogens is 226 g/mol. The molecule has 3 nitrogen and oxygen atoms in total. The van der Waals surface area contributed by atoms with Gasteiger partial charge in [-0.3, -0.25) is 14.5 Å². The second-order valence-corrected chi connectivity index (χ2v) is 4.88. The number of rotatable bonds is 3. The van der Waals surface area contributed by atoms with Crippen LogP contribution in [-0.4, -0.2) is 16.7 Å². The van der Waals surface area contributed by atoms with Gasteiger partial charge in [-0.25, -0.2) is 0 Å². The summed E-state index contributed by atoms with van der Waals surface area (Å²) < 4.78 is 0. The summed E-state index contributed by atoms with van der Waals surface area (Å²) in [5, 5.41) is 0. The minimum atomic E-state index is -0.141. The van der Waals surface area contributed by atoms with E-state index < -0.39 is 0 Å². The SMILES string of the molecule is CC(C)/C=C1/CC(=O)N(Cc2ccccc2)C1=O. The number of hydrogen-bond donors (Lipinski definition) is 0. The fourth-order valence-corrected chi connectivity index (χ4v) is 2.08. The lowest BCUT2D eigenvalue weighted by Crippen LogP contribution is -2.28. The van der Waals surface area contributed by atoms with E-state index in [1.807, 2.05) is 50.3 Å². The molecule has 0 unspecified atom stereocenters. The molecular formula is C15H17NO2. The van der Waals surface area contributed by atoms with Crippen LogP contribution in [0.15, 0.2) is 42.0 Å². The van der Waals surface area contributed by atoms with Gasteiger partial charge < -0.3 is 0 Å². The summed E-state index contributed by atoms with van der Waals surface area (Å²) >= 11 is 0. The molecule has 94 valence electrons. The number of imide groups is 1. The van der Waals surface area contributed by atoms with Gasteiger partial charge in [0, 0.05) is 5.57 Å². The number of benzene rings is 1. The topological polar surface area (TPSA) is 37.4 Å². The van der Waals surface area contributed by atoms with Crippen molar-refractivity contribution in [3.8, 4) is 0 Å². The summed E-state index contributed by atoms with van der Waals surface area (Å²) in [6.45, 7) is 4.38. The van der Waals surface area contributed by atoms with Gasteiger partial charge in [0.25, 0.3) is 5.91 Å². The number of hydrogen-bond acceptors (Lipinski definition) is 2. The summed E-state index contributed by atoms with van der Waals surface area (Å²) in [5.74, 6) is 0.0433. The Bertz CT molecular complexity index is 488. The van der Waals surface area contributed by atoms with E-state index in [0.29, 0.717) is 12.1 Å². The van der Waals surface area contributed by atoms with Crippen molar-refractivity contribution in [1.82, 2.24) is 4.90 Å². The maximum absolute atomic E-state index is 12.1. The zero-order valence-electron chi connectivity index (χ0n) is 10.7. The first-order valence-electron chi connectivity index (χ1n) is 6.17. The van der Waals surface area contributed by atoms with Crippen molar-refractivity contribution in [2.24, 2.45) is 5.92 Å². The van der Waals surface area contributed by atoms with Crippen molar-refractivity contribution in [3.63, 3.8) is 0 Å². The fraction of sp³-hybridized carbons (Fsp3) is 0.333. The van der Waals surface area contributed by atoms with Gasteiger partial charge in [-0.2, -0.15) is 0 Å². The van der Waals surface area contributed by atoms with E-state index in [4.69, 9.17) is 0 Å². The Hall–Kier alpha value is -1.90. The third-order valence-electron chi connectivity index (χ3n) is 2.88. The Balaban J connectivity index is 2.15. The molecule has 18 heavy (non-hydrogen) atoms. The molecule has 0 saturated carbocycles. The van der Waals surface area contributed by atoms with Gasteiger partial charge >= 0.3 is 0 Å².